The summed E-state index contributed by atoms with van der Waals surface area (Å²) in [5.41, 5.74) is -15.2. The SMILES string of the molecule is CCC(C)(C)C(=O)OC1(CC)C2CC3CC(C2)CC1C3.CCC(C)(C)C(=O)OC12CC3CC(CC(O)(C3)C1)C2.CCC(C)(C)C(=O)OC1C2CC3C(=O)OC1C3O2.CCC(C)(C)C(=O)OC1CC(C(O)(C(F)(F)F)C(F)(F)F)CC(C(O)(C(F)(F)F)C(F)(F)F)C1. The maximum atomic E-state index is 13.3. The quantitative estimate of drug-likeness (QED) is 0.0794. The van der Waals surface area contributed by atoms with Crippen LogP contribution in [0.4, 0.5) is 52.7 Å². The van der Waals surface area contributed by atoms with E-state index in [-0.39, 0.29) is 65.0 Å². The zero-order chi connectivity index (χ0) is 68.9. The number of esters is 5. The first-order chi connectivity index (χ1) is 41.4. The molecule has 0 aromatic rings. The third kappa shape index (κ3) is 14.3. The molecule has 12 aliphatic rings. The van der Waals surface area contributed by atoms with E-state index in [1.165, 1.54) is 59.3 Å². The third-order valence-electron chi connectivity index (χ3n) is 23.3. The van der Waals surface area contributed by atoms with Gasteiger partial charge in [-0.2, -0.15) is 52.7 Å². The molecule has 0 aromatic carbocycles. The van der Waals surface area contributed by atoms with Crippen LogP contribution in [0.5, 0.6) is 0 Å². The van der Waals surface area contributed by atoms with Crippen molar-refractivity contribution >= 4 is 29.8 Å². The number of hydrogen-bond acceptors (Lipinski definition) is 14. The van der Waals surface area contributed by atoms with Crippen molar-refractivity contribution in [2.75, 3.05) is 0 Å². The van der Waals surface area contributed by atoms with E-state index in [1.54, 1.807) is 0 Å². The van der Waals surface area contributed by atoms with Crippen molar-refractivity contribution in [3.8, 4) is 0 Å². The van der Waals surface area contributed by atoms with Gasteiger partial charge in [0.15, 0.2) is 12.2 Å². The van der Waals surface area contributed by atoms with Crippen molar-refractivity contribution in [3.05, 3.63) is 0 Å². The Bertz CT molecular complexity index is 2530. The van der Waals surface area contributed by atoms with Gasteiger partial charge in [0.1, 0.15) is 23.4 Å². The van der Waals surface area contributed by atoms with Crippen LogP contribution in [0.3, 0.4) is 0 Å². The number of alkyl halides is 12. The lowest BCUT2D eigenvalue weighted by Crippen LogP contribution is -2.67. The average molecular weight is 1330 g/mol. The molecule has 0 amide bonds. The van der Waals surface area contributed by atoms with Gasteiger partial charge in [0.05, 0.1) is 39.3 Å². The summed E-state index contributed by atoms with van der Waals surface area (Å²) in [5.74, 6) is -4.45. The zero-order valence-corrected chi connectivity index (χ0v) is 54.6. The number of carbonyl (C=O) groups is 5. The van der Waals surface area contributed by atoms with Gasteiger partial charge in [0.25, 0.3) is 11.2 Å². The highest BCUT2D eigenvalue weighted by Gasteiger charge is 2.79. The molecule has 12 rings (SSSR count). The molecule has 0 aromatic heterocycles. The van der Waals surface area contributed by atoms with Gasteiger partial charge in [0, 0.05) is 18.3 Å². The molecule has 3 heterocycles. The van der Waals surface area contributed by atoms with E-state index >= 15 is 0 Å². The molecular weight excluding hydrogens is 1230 g/mol. The number of carbonyl (C=O) groups excluding carboxylic acids is 5. The van der Waals surface area contributed by atoms with Gasteiger partial charge in [-0.3, -0.25) is 24.0 Å². The number of rotatable bonds is 15. The van der Waals surface area contributed by atoms with Crippen molar-refractivity contribution in [2.24, 2.45) is 74.9 Å². The number of fused-ring (bicyclic) bond motifs is 1. The Morgan fingerprint density at radius 1 is 0.495 bits per heavy atom. The Hall–Kier alpha value is -3.65. The van der Waals surface area contributed by atoms with Crippen molar-refractivity contribution in [1.29, 1.82) is 0 Å². The Balaban J connectivity index is 0.000000178. The van der Waals surface area contributed by atoms with E-state index in [4.69, 9.17) is 28.4 Å². The Labute approximate surface area is 525 Å². The van der Waals surface area contributed by atoms with Gasteiger partial charge in [0.2, 0.25) is 0 Å². The zero-order valence-electron chi connectivity index (χ0n) is 54.6. The van der Waals surface area contributed by atoms with E-state index in [1.807, 2.05) is 55.4 Å². The largest absolute Gasteiger partial charge is 0.462 e. The molecular formula is C65H96F12O14. The monoisotopic (exact) mass is 1330 g/mol. The fourth-order valence-corrected chi connectivity index (χ4v) is 16.5. The van der Waals surface area contributed by atoms with Gasteiger partial charge in [-0.05, 0) is 213 Å². The molecule has 3 N–H and O–H groups in total. The molecule has 10 bridgehead atoms. The number of aliphatic hydroxyl groups is 3. The normalized spacial score (nSPS) is 35.8. The molecule has 9 aliphatic carbocycles. The van der Waals surface area contributed by atoms with E-state index in [9.17, 15) is 92.0 Å². The minimum absolute atomic E-state index is 0.0184. The molecule has 14 nitrogen and oxygen atoms in total. The van der Waals surface area contributed by atoms with E-state index in [0.29, 0.717) is 42.9 Å². The van der Waals surface area contributed by atoms with Gasteiger partial charge >= 0.3 is 54.6 Å². The summed E-state index contributed by atoms with van der Waals surface area (Å²) in [6.07, 6.45) is -18.9. The molecule has 9 saturated carbocycles. The lowest BCUT2D eigenvalue weighted by Gasteiger charge is -2.60. The first-order valence-electron chi connectivity index (χ1n) is 32.6. The summed E-state index contributed by atoms with van der Waals surface area (Å²) in [7, 11) is 0. The highest BCUT2D eigenvalue weighted by molar-refractivity contribution is 5.79. The predicted molar refractivity (Wildman–Crippen MR) is 302 cm³/mol. The topological polar surface area (TPSA) is 201 Å². The first-order valence-corrected chi connectivity index (χ1v) is 32.6. The van der Waals surface area contributed by atoms with Crippen molar-refractivity contribution in [3.63, 3.8) is 0 Å². The number of ether oxygens (including phenoxy) is 6. The fraction of sp³-hybridized carbons (Fsp3) is 0.923. The summed E-state index contributed by atoms with van der Waals surface area (Å²) in [4.78, 5) is 60.8. The van der Waals surface area contributed by atoms with Gasteiger partial charge in [-0.1, -0.05) is 34.6 Å². The fourth-order valence-electron chi connectivity index (χ4n) is 16.5. The summed E-state index contributed by atoms with van der Waals surface area (Å²) in [5, 5.41) is 29.9. The Kier molecular flexibility index (Phi) is 20.9. The van der Waals surface area contributed by atoms with Crippen LogP contribution < -0.4 is 0 Å². The Morgan fingerprint density at radius 3 is 1.26 bits per heavy atom. The molecule has 9 unspecified atom stereocenters. The number of hydrogen-bond donors (Lipinski definition) is 3. The van der Waals surface area contributed by atoms with Crippen molar-refractivity contribution in [2.45, 2.75) is 302 Å². The van der Waals surface area contributed by atoms with E-state index in [2.05, 4.69) is 13.8 Å². The van der Waals surface area contributed by atoms with Crippen LogP contribution in [0.1, 0.15) is 218 Å². The molecule has 9 atom stereocenters. The van der Waals surface area contributed by atoms with E-state index < -0.39 is 113 Å². The highest BCUT2D eigenvalue weighted by Crippen LogP contribution is 2.63. The minimum atomic E-state index is -6.58. The van der Waals surface area contributed by atoms with Crippen LogP contribution in [0.2, 0.25) is 0 Å². The van der Waals surface area contributed by atoms with Crippen LogP contribution in [0.15, 0.2) is 0 Å². The second kappa shape index (κ2) is 25.4. The minimum Gasteiger partial charge on any atom is -0.462 e. The molecule has 91 heavy (non-hydrogen) atoms. The summed E-state index contributed by atoms with van der Waals surface area (Å²) in [6.45, 7) is 23.8. The molecule has 12 fully saturated rings. The molecule has 3 saturated heterocycles. The van der Waals surface area contributed by atoms with Crippen LogP contribution in [-0.4, -0.2) is 128 Å². The Morgan fingerprint density at radius 2 is 0.879 bits per heavy atom. The maximum absolute atomic E-state index is 13.3. The third-order valence-corrected chi connectivity index (χ3v) is 23.3. The van der Waals surface area contributed by atoms with Crippen molar-refractivity contribution in [1.82, 2.24) is 0 Å². The van der Waals surface area contributed by atoms with Gasteiger partial charge < -0.3 is 43.7 Å². The lowest BCUT2D eigenvalue weighted by molar-refractivity contribution is -0.405. The smallest absolute Gasteiger partial charge is 0.426 e. The predicted octanol–water partition coefficient (Wildman–Crippen LogP) is 14.1. The maximum Gasteiger partial charge on any atom is 0.426 e. The summed E-state index contributed by atoms with van der Waals surface area (Å²) >= 11 is 0. The van der Waals surface area contributed by atoms with Crippen LogP contribution in [-0.2, 0) is 52.4 Å². The molecule has 26 heteroatoms. The molecule has 3 aliphatic heterocycles. The molecule has 0 spiro atoms. The van der Waals surface area contributed by atoms with Crippen LogP contribution >= 0.6 is 0 Å². The standard InChI is InChI=1S/C18H22F12O4.C18H30O2.C16H26O3.C13H18O5/c1-4-12(2,3)11(31)34-10-6-8(13(32,15(19,20)21)16(22,23)24)5-9(7-10)14(33,17(25,26)27)18(28,29)30;1-5-17(3,4)16(19)20-18(6-2)14-8-12-7-13(10-14)11-15(18)9-12;1-4-14(2,3)13(17)19-16-8-11-5-12(9-16)7-15(18,6-11)10-16;1-4-13(2,3)12(15)18-9-7-5-6-8(16-7)10(9)17-11(6)14/h8-10,32-33H,4-7H2,1-3H3;12-15H,5-11H2,1-4H3;11-12,18H,4-10H2,1-3H3;6-10H,4-5H2,1-3H3. The van der Waals surface area contributed by atoms with Gasteiger partial charge in [-0.15, -0.1) is 0 Å². The van der Waals surface area contributed by atoms with Crippen LogP contribution in [0, 0.1) is 74.9 Å². The van der Waals surface area contributed by atoms with Crippen LogP contribution in [0.25, 0.3) is 0 Å². The summed E-state index contributed by atoms with van der Waals surface area (Å²) in [6, 6.07) is 0. The first kappa shape index (κ1) is 74.7. The number of halogens is 12. The average Bonchev–Trinajstić information content (AvgIpc) is 1.49. The second-order valence-electron chi connectivity index (χ2n) is 31.1. The molecule has 0 radical (unpaired) electrons. The molecule has 524 valence electrons. The van der Waals surface area contributed by atoms with Crippen molar-refractivity contribution < 1.29 is 120 Å². The second-order valence-corrected chi connectivity index (χ2v) is 31.1. The lowest BCUT2D eigenvalue weighted by atomic mass is 9.49. The highest BCUT2D eigenvalue weighted by atomic mass is 19.4. The van der Waals surface area contributed by atoms with Gasteiger partial charge in [-0.25, -0.2) is 0 Å². The van der Waals surface area contributed by atoms with E-state index in [0.717, 1.165) is 56.8 Å². The summed E-state index contributed by atoms with van der Waals surface area (Å²) < 4.78 is 193.